The standard InChI is InChI=1S/C14H10F3NO/c15-14(16,17)12-5-1-4-11(8-12)13(19)7-10-3-2-6-18-9-10/h1-6,8-9H,7H2. The molecule has 0 N–H and O–H groups in total. The van der Waals surface area contributed by atoms with Crippen molar-refractivity contribution in [2.24, 2.45) is 0 Å². The summed E-state index contributed by atoms with van der Waals surface area (Å²) in [5, 5.41) is 0. The second-order valence-corrected chi connectivity index (χ2v) is 4.04. The van der Waals surface area contributed by atoms with Crippen LogP contribution in [0.15, 0.2) is 48.8 Å². The van der Waals surface area contributed by atoms with Gasteiger partial charge < -0.3 is 0 Å². The van der Waals surface area contributed by atoms with Crippen molar-refractivity contribution in [1.82, 2.24) is 4.98 Å². The summed E-state index contributed by atoms with van der Waals surface area (Å²) in [5.41, 5.74) is -0.0897. The van der Waals surface area contributed by atoms with Gasteiger partial charge in [0.05, 0.1) is 5.56 Å². The van der Waals surface area contributed by atoms with Crippen molar-refractivity contribution >= 4 is 5.78 Å². The summed E-state index contributed by atoms with van der Waals surface area (Å²) in [6, 6.07) is 7.82. The zero-order valence-corrected chi connectivity index (χ0v) is 9.82. The maximum Gasteiger partial charge on any atom is 0.416 e. The van der Waals surface area contributed by atoms with Gasteiger partial charge >= 0.3 is 6.18 Å². The van der Waals surface area contributed by atoms with Gasteiger partial charge in [0.15, 0.2) is 5.78 Å². The molecule has 2 aromatic rings. The van der Waals surface area contributed by atoms with E-state index in [0.717, 1.165) is 12.1 Å². The van der Waals surface area contributed by atoms with E-state index in [-0.39, 0.29) is 17.8 Å². The van der Waals surface area contributed by atoms with Crippen LogP contribution in [0, 0.1) is 0 Å². The highest BCUT2D eigenvalue weighted by Crippen LogP contribution is 2.29. The Labute approximate surface area is 107 Å². The number of Topliss-reactive ketones (excluding diaryl/α,β-unsaturated/α-hetero) is 1. The molecule has 0 aliphatic heterocycles. The van der Waals surface area contributed by atoms with E-state index in [4.69, 9.17) is 0 Å². The van der Waals surface area contributed by atoms with Gasteiger partial charge in [-0.25, -0.2) is 0 Å². The second kappa shape index (κ2) is 5.22. The predicted molar refractivity (Wildman–Crippen MR) is 63.7 cm³/mol. The minimum Gasteiger partial charge on any atom is -0.294 e. The summed E-state index contributed by atoms with van der Waals surface area (Å²) in [6.07, 6.45) is -1.32. The number of hydrogen-bond donors (Lipinski definition) is 0. The molecule has 0 atom stereocenters. The summed E-state index contributed by atoms with van der Waals surface area (Å²) in [5.74, 6) is -0.362. The van der Waals surface area contributed by atoms with Crippen LogP contribution in [0.3, 0.4) is 0 Å². The van der Waals surface area contributed by atoms with Gasteiger partial charge in [0.2, 0.25) is 0 Å². The number of aromatic nitrogens is 1. The molecule has 2 nitrogen and oxygen atoms in total. The Morgan fingerprint density at radius 1 is 1.16 bits per heavy atom. The summed E-state index contributed by atoms with van der Waals surface area (Å²) in [6.45, 7) is 0. The number of carbonyl (C=O) groups excluding carboxylic acids is 1. The maximum atomic E-state index is 12.5. The van der Waals surface area contributed by atoms with Crippen LogP contribution in [0.25, 0.3) is 0 Å². The molecular weight excluding hydrogens is 255 g/mol. The highest BCUT2D eigenvalue weighted by atomic mass is 19.4. The first-order chi connectivity index (χ1) is 8.97. The van der Waals surface area contributed by atoms with Crippen LogP contribution in [-0.4, -0.2) is 10.8 Å². The average Bonchev–Trinajstić information content (AvgIpc) is 2.39. The van der Waals surface area contributed by atoms with Crippen LogP contribution in [0.4, 0.5) is 13.2 Å². The number of ketones is 1. The van der Waals surface area contributed by atoms with Gasteiger partial charge in [0, 0.05) is 24.4 Å². The molecule has 0 saturated heterocycles. The summed E-state index contributed by atoms with van der Waals surface area (Å²) < 4.78 is 37.6. The number of rotatable bonds is 3. The van der Waals surface area contributed by atoms with Gasteiger partial charge in [-0.05, 0) is 23.8 Å². The Hall–Kier alpha value is -2.17. The molecule has 98 valence electrons. The highest BCUT2D eigenvalue weighted by molar-refractivity contribution is 5.97. The topological polar surface area (TPSA) is 30.0 Å². The number of halogens is 3. The minimum absolute atomic E-state index is 0.0369. The van der Waals surface area contributed by atoms with E-state index in [1.807, 2.05) is 0 Å². The molecule has 1 heterocycles. The van der Waals surface area contributed by atoms with E-state index in [2.05, 4.69) is 4.98 Å². The molecule has 0 amide bonds. The Kier molecular flexibility index (Phi) is 3.64. The lowest BCUT2D eigenvalue weighted by atomic mass is 10.0. The summed E-state index contributed by atoms with van der Waals surface area (Å²) >= 11 is 0. The lowest BCUT2D eigenvalue weighted by molar-refractivity contribution is -0.137. The fraction of sp³-hybridized carbons (Fsp3) is 0.143. The molecule has 0 bridgehead atoms. The third kappa shape index (κ3) is 3.40. The van der Waals surface area contributed by atoms with E-state index in [9.17, 15) is 18.0 Å². The van der Waals surface area contributed by atoms with Crippen LogP contribution in [-0.2, 0) is 12.6 Å². The van der Waals surface area contributed by atoms with Crippen molar-refractivity contribution in [2.45, 2.75) is 12.6 Å². The summed E-state index contributed by atoms with van der Waals surface area (Å²) in [7, 11) is 0. The van der Waals surface area contributed by atoms with E-state index in [1.165, 1.54) is 18.3 Å². The maximum absolute atomic E-state index is 12.5. The second-order valence-electron chi connectivity index (χ2n) is 4.04. The van der Waals surface area contributed by atoms with Crippen molar-refractivity contribution in [3.8, 4) is 0 Å². The number of hydrogen-bond acceptors (Lipinski definition) is 2. The Morgan fingerprint density at radius 3 is 2.58 bits per heavy atom. The lowest BCUT2D eigenvalue weighted by Crippen LogP contribution is -2.09. The molecule has 0 aliphatic rings. The molecule has 1 aromatic carbocycles. The third-order valence-corrected chi connectivity index (χ3v) is 2.60. The normalized spacial score (nSPS) is 11.3. The van der Waals surface area contributed by atoms with E-state index >= 15 is 0 Å². The Bertz CT molecular complexity index is 579. The van der Waals surface area contributed by atoms with Crippen LogP contribution in [0.2, 0.25) is 0 Å². The zero-order valence-electron chi connectivity index (χ0n) is 9.82. The molecule has 0 aliphatic carbocycles. The zero-order chi connectivity index (χ0) is 13.9. The van der Waals surface area contributed by atoms with Crippen molar-refractivity contribution < 1.29 is 18.0 Å². The van der Waals surface area contributed by atoms with E-state index < -0.39 is 11.7 Å². The van der Waals surface area contributed by atoms with Gasteiger partial charge in [-0.15, -0.1) is 0 Å². The SMILES string of the molecule is O=C(Cc1cccnc1)c1cccc(C(F)(F)F)c1. The number of alkyl halides is 3. The lowest BCUT2D eigenvalue weighted by Gasteiger charge is -2.08. The molecule has 2 rings (SSSR count). The van der Waals surface area contributed by atoms with Gasteiger partial charge in [0.1, 0.15) is 0 Å². The summed E-state index contributed by atoms with van der Waals surface area (Å²) in [4.78, 5) is 15.8. The van der Waals surface area contributed by atoms with Crippen molar-refractivity contribution in [1.29, 1.82) is 0 Å². The van der Waals surface area contributed by atoms with Crippen molar-refractivity contribution in [2.75, 3.05) is 0 Å². The minimum atomic E-state index is -4.44. The highest BCUT2D eigenvalue weighted by Gasteiger charge is 2.30. The van der Waals surface area contributed by atoms with E-state index in [0.29, 0.717) is 5.56 Å². The molecular formula is C14H10F3NO. The molecule has 0 spiro atoms. The van der Waals surface area contributed by atoms with Crippen LogP contribution in [0.1, 0.15) is 21.5 Å². The van der Waals surface area contributed by atoms with Gasteiger partial charge in [-0.2, -0.15) is 13.2 Å². The fourth-order valence-electron chi connectivity index (χ4n) is 1.66. The van der Waals surface area contributed by atoms with Crippen LogP contribution in [0.5, 0.6) is 0 Å². The number of carbonyl (C=O) groups is 1. The van der Waals surface area contributed by atoms with Crippen LogP contribution >= 0.6 is 0 Å². The average molecular weight is 265 g/mol. The number of nitrogens with zero attached hydrogens (tertiary/aromatic N) is 1. The number of pyridine rings is 1. The predicted octanol–water partition coefficient (Wildman–Crippen LogP) is 3.53. The van der Waals surface area contributed by atoms with Crippen molar-refractivity contribution in [3.63, 3.8) is 0 Å². The first-order valence-corrected chi connectivity index (χ1v) is 5.56. The van der Waals surface area contributed by atoms with Crippen molar-refractivity contribution in [3.05, 3.63) is 65.5 Å². The molecule has 0 fully saturated rings. The molecule has 0 unspecified atom stereocenters. The monoisotopic (exact) mass is 265 g/mol. The van der Waals surface area contributed by atoms with Gasteiger partial charge in [-0.3, -0.25) is 9.78 Å². The molecule has 19 heavy (non-hydrogen) atoms. The third-order valence-electron chi connectivity index (χ3n) is 2.60. The van der Waals surface area contributed by atoms with Gasteiger partial charge in [-0.1, -0.05) is 18.2 Å². The fourth-order valence-corrected chi connectivity index (χ4v) is 1.66. The first kappa shape index (κ1) is 13.3. The molecule has 5 heteroatoms. The Morgan fingerprint density at radius 2 is 1.95 bits per heavy atom. The Balaban J connectivity index is 2.20. The first-order valence-electron chi connectivity index (χ1n) is 5.56. The quantitative estimate of drug-likeness (QED) is 0.795. The largest absolute Gasteiger partial charge is 0.416 e. The molecule has 0 radical (unpaired) electrons. The van der Waals surface area contributed by atoms with E-state index in [1.54, 1.807) is 18.3 Å². The van der Waals surface area contributed by atoms with Crippen LogP contribution < -0.4 is 0 Å². The van der Waals surface area contributed by atoms with Gasteiger partial charge in [0.25, 0.3) is 0 Å². The molecule has 1 aromatic heterocycles. The molecule has 0 saturated carbocycles. The number of benzene rings is 1. The smallest absolute Gasteiger partial charge is 0.294 e.